The summed E-state index contributed by atoms with van der Waals surface area (Å²) in [4.78, 5) is 12.2. The lowest BCUT2D eigenvalue weighted by Gasteiger charge is -2.38. The zero-order chi connectivity index (χ0) is 16.4. The van der Waals surface area contributed by atoms with Gasteiger partial charge in [0, 0.05) is 11.7 Å². The molecule has 1 aliphatic carbocycles. The number of rotatable bonds is 2. The Labute approximate surface area is 142 Å². The highest BCUT2D eigenvalue weighted by molar-refractivity contribution is 5.86. The minimum absolute atomic E-state index is 0.432. The Bertz CT molecular complexity index is 730. The van der Waals surface area contributed by atoms with E-state index in [2.05, 4.69) is 16.7 Å². The first kappa shape index (κ1) is 15.2. The van der Waals surface area contributed by atoms with Crippen molar-refractivity contribution in [3.05, 3.63) is 59.7 Å². The van der Waals surface area contributed by atoms with Gasteiger partial charge in [-0.1, -0.05) is 30.3 Å². The summed E-state index contributed by atoms with van der Waals surface area (Å²) < 4.78 is 5.63. The van der Waals surface area contributed by atoms with Crippen LogP contribution in [0.5, 0.6) is 5.75 Å². The van der Waals surface area contributed by atoms with Gasteiger partial charge in [0.1, 0.15) is 5.75 Å². The largest absolute Gasteiger partial charge is 0.417 e. The maximum Gasteiger partial charge on any atom is 0.417 e. The quantitative estimate of drug-likeness (QED) is 0.876. The third kappa shape index (κ3) is 3.02. The van der Waals surface area contributed by atoms with E-state index in [1.807, 2.05) is 42.5 Å². The number of fused-ring (bicyclic) bond motifs is 3. The van der Waals surface area contributed by atoms with Crippen LogP contribution in [0.2, 0.25) is 0 Å². The van der Waals surface area contributed by atoms with Crippen LogP contribution in [0.4, 0.5) is 10.5 Å². The van der Waals surface area contributed by atoms with Crippen LogP contribution in [0, 0.1) is 0 Å². The third-order valence-electron chi connectivity index (χ3n) is 5.08. The monoisotopic (exact) mass is 322 g/mol. The summed E-state index contributed by atoms with van der Waals surface area (Å²) in [6.45, 7) is 1.12. The SMILES string of the molecule is O=C(Nc1ccccc1)Oc1cccc2c1CC[C@H]1NCCC[C@H]21. The molecule has 1 aliphatic heterocycles. The molecule has 0 spiro atoms. The number of ether oxygens (including phenoxy) is 1. The van der Waals surface area contributed by atoms with Gasteiger partial charge in [-0.25, -0.2) is 4.79 Å². The predicted molar refractivity (Wildman–Crippen MR) is 94.6 cm³/mol. The highest BCUT2D eigenvalue weighted by Gasteiger charge is 2.32. The second kappa shape index (κ2) is 6.65. The number of nitrogens with one attached hydrogen (secondary N) is 2. The fourth-order valence-electron chi connectivity index (χ4n) is 3.99. The van der Waals surface area contributed by atoms with Gasteiger partial charge in [0.25, 0.3) is 0 Å². The van der Waals surface area contributed by atoms with Crippen LogP contribution >= 0.6 is 0 Å². The van der Waals surface area contributed by atoms with Gasteiger partial charge in [-0.3, -0.25) is 5.32 Å². The summed E-state index contributed by atoms with van der Waals surface area (Å²) in [6, 6.07) is 16.0. The zero-order valence-electron chi connectivity index (χ0n) is 13.6. The van der Waals surface area contributed by atoms with Crippen molar-refractivity contribution in [2.75, 3.05) is 11.9 Å². The molecule has 0 bridgehead atoms. The molecule has 2 aromatic carbocycles. The first-order valence-electron chi connectivity index (χ1n) is 8.70. The van der Waals surface area contributed by atoms with Crippen molar-refractivity contribution in [1.82, 2.24) is 5.32 Å². The van der Waals surface area contributed by atoms with Crippen molar-refractivity contribution < 1.29 is 9.53 Å². The molecule has 1 amide bonds. The molecule has 2 aromatic rings. The number of amides is 1. The lowest BCUT2D eigenvalue weighted by molar-refractivity contribution is 0.214. The topological polar surface area (TPSA) is 50.4 Å². The van der Waals surface area contributed by atoms with E-state index in [-0.39, 0.29) is 0 Å². The molecule has 4 nitrogen and oxygen atoms in total. The lowest BCUT2D eigenvalue weighted by Crippen LogP contribution is -2.42. The molecule has 4 rings (SSSR count). The Morgan fingerprint density at radius 2 is 1.96 bits per heavy atom. The van der Waals surface area contributed by atoms with E-state index in [1.54, 1.807) is 0 Å². The summed E-state index contributed by atoms with van der Waals surface area (Å²) in [5.74, 6) is 1.24. The minimum atomic E-state index is -0.432. The summed E-state index contributed by atoms with van der Waals surface area (Å²) in [7, 11) is 0. The molecule has 0 saturated carbocycles. The average Bonchev–Trinajstić information content (AvgIpc) is 2.62. The first-order valence-corrected chi connectivity index (χ1v) is 8.70. The summed E-state index contributed by atoms with van der Waals surface area (Å²) in [6.07, 6.45) is 4.06. The van der Waals surface area contributed by atoms with Gasteiger partial charge in [-0.05, 0) is 67.5 Å². The van der Waals surface area contributed by atoms with E-state index in [0.717, 1.165) is 25.1 Å². The van der Waals surface area contributed by atoms with E-state index in [1.165, 1.54) is 24.0 Å². The van der Waals surface area contributed by atoms with Gasteiger partial charge >= 0.3 is 6.09 Å². The molecule has 4 heteroatoms. The van der Waals surface area contributed by atoms with E-state index >= 15 is 0 Å². The van der Waals surface area contributed by atoms with E-state index in [4.69, 9.17) is 4.74 Å². The Balaban J connectivity index is 1.53. The number of carbonyl (C=O) groups is 1. The molecule has 2 aliphatic rings. The van der Waals surface area contributed by atoms with Gasteiger partial charge in [0.2, 0.25) is 0 Å². The lowest BCUT2D eigenvalue weighted by atomic mass is 9.75. The Morgan fingerprint density at radius 1 is 1.08 bits per heavy atom. The number of hydrogen-bond donors (Lipinski definition) is 2. The number of benzene rings is 2. The second-order valence-corrected chi connectivity index (χ2v) is 6.55. The molecule has 24 heavy (non-hydrogen) atoms. The number of piperidine rings is 1. The molecule has 0 unspecified atom stereocenters. The van der Waals surface area contributed by atoms with Crippen LogP contribution in [-0.4, -0.2) is 18.7 Å². The normalized spacial score (nSPS) is 22.2. The van der Waals surface area contributed by atoms with Gasteiger partial charge in [-0.2, -0.15) is 0 Å². The van der Waals surface area contributed by atoms with E-state index in [0.29, 0.717) is 17.7 Å². The molecule has 1 heterocycles. The van der Waals surface area contributed by atoms with Crippen LogP contribution in [-0.2, 0) is 6.42 Å². The summed E-state index contributed by atoms with van der Waals surface area (Å²) in [5, 5.41) is 6.41. The van der Waals surface area contributed by atoms with Crippen LogP contribution in [0.25, 0.3) is 0 Å². The van der Waals surface area contributed by atoms with Crippen LogP contribution < -0.4 is 15.4 Å². The van der Waals surface area contributed by atoms with Gasteiger partial charge in [0.05, 0.1) is 0 Å². The number of para-hydroxylation sites is 1. The maximum absolute atomic E-state index is 12.2. The molecule has 0 radical (unpaired) electrons. The average molecular weight is 322 g/mol. The fraction of sp³-hybridized carbons (Fsp3) is 0.350. The summed E-state index contributed by atoms with van der Waals surface area (Å²) >= 11 is 0. The standard InChI is InChI=1S/C20H22N2O2/c23-20(22-14-6-2-1-3-7-14)24-19-10-4-8-15-16-9-5-13-21-18(16)12-11-17(15)19/h1-4,6-8,10,16,18,21H,5,9,11-13H2,(H,22,23)/t16-,18-/m1/s1. The van der Waals surface area contributed by atoms with Gasteiger partial charge in [0.15, 0.2) is 0 Å². The van der Waals surface area contributed by atoms with Crippen molar-refractivity contribution in [3.8, 4) is 5.75 Å². The Kier molecular flexibility index (Phi) is 4.22. The van der Waals surface area contributed by atoms with Crippen LogP contribution in [0.3, 0.4) is 0 Å². The van der Waals surface area contributed by atoms with E-state index < -0.39 is 6.09 Å². The van der Waals surface area contributed by atoms with Gasteiger partial charge in [-0.15, -0.1) is 0 Å². The molecule has 2 atom stereocenters. The van der Waals surface area contributed by atoms with Crippen molar-refractivity contribution in [2.24, 2.45) is 0 Å². The molecule has 0 aromatic heterocycles. The van der Waals surface area contributed by atoms with Gasteiger partial charge < -0.3 is 10.1 Å². The smallest absolute Gasteiger partial charge is 0.410 e. The molecule has 2 N–H and O–H groups in total. The predicted octanol–water partition coefficient (Wildman–Crippen LogP) is 4.08. The molecule has 124 valence electrons. The fourth-order valence-corrected chi connectivity index (χ4v) is 3.99. The third-order valence-corrected chi connectivity index (χ3v) is 5.08. The number of anilines is 1. The number of carbonyl (C=O) groups excluding carboxylic acids is 1. The Hall–Kier alpha value is -2.33. The maximum atomic E-state index is 12.2. The van der Waals surface area contributed by atoms with Crippen LogP contribution in [0.1, 0.15) is 36.3 Å². The van der Waals surface area contributed by atoms with Crippen molar-refractivity contribution in [1.29, 1.82) is 0 Å². The highest BCUT2D eigenvalue weighted by atomic mass is 16.6. The Morgan fingerprint density at radius 3 is 2.83 bits per heavy atom. The summed E-state index contributed by atoms with van der Waals surface area (Å²) in [5.41, 5.74) is 3.29. The molecule has 1 fully saturated rings. The minimum Gasteiger partial charge on any atom is -0.410 e. The molecular formula is C20H22N2O2. The first-order chi connectivity index (χ1) is 11.8. The highest BCUT2D eigenvalue weighted by Crippen LogP contribution is 2.40. The zero-order valence-corrected chi connectivity index (χ0v) is 13.6. The van der Waals surface area contributed by atoms with Crippen molar-refractivity contribution in [2.45, 2.75) is 37.6 Å². The van der Waals surface area contributed by atoms with Crippen molar-refractivity contribution >= 4 is 11.8 Å². The van der Waals surface area contributed by atoms with Crippen LogP contribution in [0.15, 0.2) is 48.5 Å². The molecular weight excluding hydrogens is 300 g/mol. The van der Waals surface area contributed by atoms with E-state index in [9.17, 15) is 4.79 Å². The second-order valence-electron chi connectivity index (χ2n) is 6.55. The molecule has 1 saturated heterocycles. The van der Waals surface area contributed by atoms with Crippen molar-refractivity contribution in [3.63, 3.8) is 0 Å². The number of hydrogen-bond acceptors (Lipinski definition) is 3.